The van der Waals surface area contributed by atoms with Gasteiger partial charge < -0.3 is 9.47 Å². The monoisotopic (exact) mass is 374 g/mol. The number of halogens is 1. The number of hydrogen-bond acceptors (Lipinski definition) is 4. The topological polar surface area (TPSA) is 35.5 Å². The Morgan fingerprint density at radius 3 is 2.48 bits per heavy atom. The minimum atomic E-state index is -0.443. The predicted octanol–water partition coefficient (Wildman–Crippen LogP) is 6.30. The maximum Gasteiger partial charge on any atom is 0.355 e. The molecule has 0 radical (unpaired) electrons. The van der Waals surface area contributed by atoms with Crippen molar-refractivity contribution in [2.75, 3.05) is 7.11 Å². The van der Waals surface area contributed by atoms with Crippen molar-refractivity contribution in [1.29, 1.82) is 0 Å². The number of thiophene rings is 1. The molecule has 3 nitrogen and oxygen atoms in total. The molecule has 0 fully saturated rings. The fourth-order valence-corrected chi connectivity index (χ4v) is 3.97. The SMILES string of the molecule is CCC(C)c1ccc(OC(=O)c2sc3cc(OC)ccc3c2Cl)cc1. The molecule has 1 unspecified atom stereocenters. The summed E-state index contributed by atoms with van der Waals surface area (Å²) in [7, 11) is 1.61. The van der Waals surface area contributed by atoms with E-state index in [0.717, 1.165) is 22.3 Å². The van der Waals surface area contributed by atoms with Crippen LogP contribution in [-0.2, 0) is 0 Å². The largest absolute Gasteiger partial charge is 0.497 e. The summed E-state index contributed by atoms with van der Waals surface area (Å²) >= 11 is 7.67. The van der Waals surface area contributed by atoms with Crippen molar-refractivity contribution in [3.8, 4) is 11.5 Å². The third kappa shape index (κ3) is 3.65. The van der Waals surface area contributed by atoms with Gasteiger partial charge in [-0.1, -0.05) is 37.6 Å². The number of methoxy groups -OCH3 is 1. The number of rotatable bonds is 5. The standard InChI is InChI=1S/C20H19ClO3S/c1-4-12(2)13-5-7-14(8-6-13)24-20(22)19-18(21)16-10-9-15(23-3)11-17(16)25-19/h5-12H,4H2,1-3H3. The van der Waals surface area contributed by atoms with E-state index in [9.17, 15) is 4.79 Å². The molecule has 3 aromatic rings. The zero-order valence-electron chi connectivity index (χ0n) is 14.3. The van der Waals surface area contributed by atoms with Gasteiger partial charge in [-0.25, -0.2) is 4.79 Å². The zero-order valence-corrected chi connectivity index (χ0v) is 15.9. The number of carbonyl (C=O) groups excluding carboxylic acids is 1. The second-order valence-corrected chi connectivity index (χ2v) is 7.31. The number of carbonyl (C=O) groups is 1. The lowest BCUT2D eigenvalue weighted by molar-refractivity contribution is 0.0740. The fraction of sp³-hybridized carbons (Fsp3) is 0.250. The van der Waals surface area contributed by atoms with Crippen LogP contribution in [0, 0.1) is 0 Å². The summed E-state index contributed by atoms with van der Waals surface area (Å²) in [6.45, 7) is 4.32. The first-order valence-electron chi connectivity index (χ1n) is 8.11. The molecule has 25 heavy (non-hydrogen) atoms. The molecule has 130 valence electrons. The van der Waals surface area contributed by atoms with E-state index >= 15 is 0 Å². The van der Waals surface area contributed by atoms with Gasteiger partial charge >= 0.3 is 5.97 Å². The van der Waals surface area contributed by atoms with E-state index < -0.39 is 5.97 Å². The van der Waals surface area contributed by atoms with Crippen LogP contribution < -0.4 is 9.47 Å². The summed E-state index contributed by atoms with van der Waals surface area (Å²) in [6.07, 6.45) is 1.07. The van der Waals surface area contributed by atoms with E-state index in [0.29, 0.717) is 21.6 Å². The summed E-state index contributed by atoms with van der Waals surface area (Å²) < 4.78 is 11.6. The van der Waals surface area contributed by atoms with Gasteiger partial charge in [-0.05, 0) is 48.2 Å². The smallest absolute Gasteiger partial charge is 0.355 e. The van der Waals surface area contributed by atoms with Crippen LogP contribution in [0.25, 0.3) is 10.1 Å². The lowest BCUT2D eigenvalue weighted by Gasteiger charge is -2.09. The van der Waals surface area contributed by atoms with Gasteiger partial charge in [0.15, 0.2) is 0 Å². The molecule has 1 atom stereocenters. The Labute approximate surface area is 156 Å². The van der Waals surface area contributed by atoms with E-state index in [4.69, 9.17) is 21.1 Å². The second kappa shape index (κ2) is 7.46. The van der Waals surface area contributed by atoms with Crippen molar-refractivity contribution in [3.63, 3.8) is 0 Å². The summed E-state index contributed by atoms with van der Waals surface area (Å²) in [5.74, 6) is 1.28. The molecule has 0 aliphatic heterocycles. The first kappa shape index (κ1) is 17.8. The molecule has 3 rings (SSSR count). The maximum absolute atomic E-state index is 12.5. The first-order valence-corrected chi connectivity index (χ1v) is 9.31. The number of fused-ring (bicyclic) bond motifs is 1. The third-order valence-corrected chi connectivity index (χ3v) is 5.93. The Morgan fingerprint density at radius 2 is 1.84 bits per heavy atom. The van der Waals surface area contributed by atoms with Crippen molar-refractivity contribution in [2.45, 2.75) is 26.2 Å². The number of hydrogen-bond donors (Lipinski definition) is 0. The Kier molecular flexibility index (Phi) is 5.30. The van der Waals surface area contributed by atoms with E-state index in [2.05, 4.69) is 13.8 Å². The normalized spacial score (nSPS) is 12.2. The average molecular weight is 375 g/mol. The lowest BCUT2D eigenvalue weighted by Crippen LogP contribution is -2.07. The molecule has 0 N–H and O–H groups in total. The highest BCUT2D eigenvalue weighted by molar-refractivity contribution is 7.21. The van der Waals surface area contributed by atoms with Crippen LogP contribution in [0.3, 0.4) is 0 Å². The van der Waals surface area contributed by atoms with Crippen LogP contribution >= 0.6 is 22.9 Å². The Morgan fingerprint density at radius 1 is 1.16 bits per heavy atom. The van der Waals surface area contributed by atoms with Crippen molar-refractivity contribution >= 4 is 39.0 Å². The minimum Gasteiger partial charge on any atom is -0.497 e. The summed E-state index contributed by atoms with van der Waals surface area (Å²) in [4.78, 5) is 12.9. The number of benzene rings is 2. The summed E-state index contributed by atoms with van der Waals surface area (Å²) in [5.41, 5.74) is 1.23. The quantitative estimate of drug-likeness (QED) is 0.388. The van der Waals surface area contributed by atoms with Gasteiger partial charge in [-0.15, -0.1) is 11.3 Å². The Balaban J connectivity index is 1.83. The van der Waals surface area contributed by atoms with Gasteiger partial charge in [0, 0.05) is 10.1 Å². The number of esters is 1. The van der Waals surface area contributed by atoms with Crippen molar-refractivity contribution in [2.24, 2.45) is 0 Å². The van der Waals surface area contributed by atoms with Crippen LogP contribution in [0.5, 0.6) is 11.5 Å². The van der Waals surface area contributed by atoms with Gasteiger partial charge in [0.25, 0.3) is 0 Å². The van der Waals surface area contributed by atoms with E-state index in [1.54, 1.807) is 7.11 Å². The van der Waals surface area contributed by atoms with Gasteiger partial charge in [0.1, 0.15) is 16.4 Å². The van der Waals surface area contributed by atoms with Gasteiger partial charge in [0.2, 0.25) is 0 Å². The van der Waals surface area contributed by atoms with Crippen LogP contribution in [0.4, 0.5) is 0 Å². The molecule has 1 heterocycles. The maximum atomic E-state index is 12.5. The van der Waals surface area contributed by atoms with Gasteiger partial charge in [-0.2, -0.15) is 0 Å². The molecule has 0 aliphatic carbocycles. The first-order chi connectivity index (χ1) is 12.0. The molecule has 1 aromatic heterocycles. The summed E-state index contributed by atoms with van der Waals surface area (Å²) in [6, 6.07) is 13.2. The number of ether oxygens (including phenoxy) is 2. The average Bonchev–Trinajstić information content (AvgIpc) is 2.97. The molecule has 0 spiro atoms. The molecular formula is C20H19ClO3S. The molecule has 0 saturated heterocycles. The molecule has 0 aliphatic rings. The van der Waals surface area contributed by atoms with Crippen molar-refractivity contribution < 1.29 is 14.3 Å². The van der Waals surface area contributed by atoms with Crippen LogP contribution in [0.1, 0.15) is 41.4 Å². The molecule has 2 aromatic carbocycles. The highest BCUT2D eigenvalue weighted by Crippen LogP contribution is 2.37. The third-order valence-electron chi connectivity index (χ3n) is 4.29. The zero-order chi connectivity index (χ0) is 18.0. The van der Waals surface area contributed by atoms with Crippen LogP contribution in [0.15, 0.2) is 42.5 Å². The second-order valence-electron chi connectivity index (χ2n) is 5.88. The Bertz CT molecular complexity index is 899. The molecule has 0 saturated carbocycles. The van der Waals surface area contributed by atoms with Crippen LogP contribution in [0.2, 0.25) is 5.02 Å². The lowest BCUT2D eigenvalue weighted by atomic mass is 9.99. The van der Waals surface area contributed by atoms with Crippen molar-refractivity contribution in [1.82, 2.24) is 0 Å². The van der Waals surface area contributed by atoms with Gasteiger partial charge in [-0.3, -0.25) is 0 Å². The highest BCUT2D eigenvalue weighted by Gasteiger charge is 2.19. The van der Waals surface area contributed by atoms with E-state index in [1.807, 2.05) is 42.5 Å². The minimum absolute atomic E-state index is 0.399. The Hall–Kier alpha value is -2.04. The predicted molar refractivity (Wildman–Crippen MR) is 103 cm³/mol. The highest BCUT2D eigenvalue weighted by atomic mass is 35.5. The fourth-order valence-electron chi connectivity index (χ4n) is 2.56. The van der Waals surface area contributed by atoms with Crippen molar-refractivity contribution in [3.05, 3.63) is 57.9 Å². The summed E-state index contributed by atoms with van der Waals surface area (Å²) in [5, 5.41) is 1.25. The molecule has 5 heteroatoms. The van der Waals surface area contributed by atoms with E-state index in [-0.39, 0.29) is 0 Å². The van der Waals surface area contributed by atoms with E-state index in [1.165, 1.54) is 16.9 Å². The van der Waals surface area contributed by atoms with Crippen LogP contribution in [-0.4, -0.2) is 13.1 Å². The van der Waals surface area contributed by atoms with Gasteiger partial charge in [0.05, 0.1) is 12.1 Å². The molecular weight excluding hydrogens is 356 g/mol. The molecule has 0 bridgehead atoms. The molecule has 0 amide bonds.